The maximum absolute atomic E-state index is 13.5. The fraction of sp³-hybridized carbons (Fsp3) is 0.367. The van der Waals surface area contributed by atoms with Crippen LogP contribution in [0.1, 0.15) is 49.9 Å². The lowest BCUT2D eigenvalue weighted by atomic mass is 9.98. The maximum Gasteiger partial charge on any atom is 0.244 e. The Hall–Kier alpha value is -2.57. The molecule has 2 unspecified atom stereocenters. The van der Waals surface area contributed by atoms with E-state index in [1.165, 1.54) is 12.8 Å². The Morgan fingerprint density at radius 1 is 0.946 bits per heavy atom. The highest BCUT2D eigenvalue weighted by Gasteiger charge is 2.29. The molecule has 0 aliphatic carbocycles. The summed E-state index contributed by atoms with van der Waals surface area (Å²) in [4.78, 5) is 17.7. The lowest BCUT2D eigenvalue weighted by Crippen LogP contribution is -2.42. The first-order valence-corrected chi connectivity index (χ1v) is 13.5. The Balaban J connectivity index is 1.58. The molecule has 3 aromatic carbocycles. The number of hydrogen-bond donors (Lipinski definition) is 1. The number of likely N-dealkylation sites (N-methyl/N-ethyl adjacent to an activating group) is 1. The fourth-order valence-corrected chi connectivity index (χ4v) is 5.11. The molecular formula is C30H35Cl2N3O2. The lowest BCUT2D eigenvalue weighted by molar-refractivity contribution is -0.134. The minimum atomic E-state index is -0.830. The van der Waals surface area contributed by atoms with Crippen LogP contribution in [0.4, 0.5) is 0 Å². The van der Waals surface area contributed by atoms with Crippen molar-refractivity contribution in [3.05, 3.63) is 87.9 Å². The van der Waals surface area contributed by atoms with Crippen LogP contribution < -0.4 is 10.5 Å². The molecule has 1 aliphatic heterocycles. The van der Waals surface area contributed by atoms with Gasteiger partial charge in [-0.1, -0.05) is 65.7 Å². The molecular weight excluding hydrogens is 505 g/mol. The van der Waals surface area contributed by atoms with Gasteiger partial charge in [-0.25, -0.2) is 0 Å². The number of carbonyl (C=O) groups is 1. The third kappa shape index (κ3) is 6.85. The first-order chi connectivity index (χ1) is 17.7. The van der Waals surface area contributed by atoms with Gasteiger partial charge >= 0.3 is 0 Å². The van der Waals surface area contributed by atoms with Crippen molar-refractivity contribution in [1.29, 1.82) is 0 Å². The highest BCUT2D eigenvalue weighted by molar-refractivity contribution is 6.42. The summed E-state index contributed by atoms with van der Waals surface area (Å²) >= 11 is 12.2. The van der Waals surface area contributed by atoms with E-state index in [2.05, 4.69) is 41.3 Å². The van der Waals surface area contributed by atoms with E-state index in [9.17, 15) is 4.79 Å². The number of halogens is 2. The minimum Gasteiger partial charge on any atom is -0.491 e. The first kappa shape index (κ1) is 27.5. The van der Waals surface area contributed by atoms with E-state index < -0.39 is 6.04 Å². The molecule has 1 heterocycles. The Morgan fingerprint density at radius 3 is 2.27 bits per heavy atom. The van der Waals surface area contributed by atoms with Gasteiger partial charge in [0.2, 0.25) is 5.91 Å². The Bertz CT molecular complexity index is 1210. The number of hydrogen-bond acceptors (Lipinski definition) is 4. The number of rotatable bonds is 9. The van der Waals surface area contributed by atoms with Crippen molar-refractivity contribution in [2.24, 2.45) is 5.73 Å². The average Bonchev–Trinajstić information content (AvgIpc) is 3.41. The van der Waals surface area contributed by atoms with Crippen molar-refractivity contribution >= 4 is 29.1 Å². The minimum absolute atomic E-state index is 0.118. The number of amides is 1. The van der Waals surface area contributed by atoms with E-state index in [0.29, 0.717) is 15.6 Å². The Morgan fingerprint density at radius 2 is 1.62 bits per heavy atom. The molecule has 2 N–H and O–H groups in total. The van der Waals surface area contributed by atoms with E-state index in [1.807, 2.05) is 33.0 Å². The number of benzene rings is 3. The number of nitrogens with zero attached hydrogens (tertiary/aromatic N) is 2. The normalized spacial score (nSPS) is 15.5. The van der Waals surface area contributed by atoms with Crippen molar-refractivity contribution in [3.63, 3.8) is 0 Å². The van der Waals surface area contributed by atoms with Gasteiger partial charge in [-0.2, -0.15) is 0 Å². The molecule has 7 heteroatoms. The van der Waals surface area contributed by atoms with Gasteiger partial charge < -0.3 is 20.3 Å². The number of nitrogens with two attached hydrogens (primary N) is 1. The lowest BCUT2D eigenvalue weighted by Gasteiger charge is -2.33. The van der Waals surface area contributed by atoms with Crippen LogP contribution in [0.3, 0.4) is 0 Å². The molecule has 0 bridgehead atoms. The van der Waals surface area contributed by atoms with Crippen molar-refractivity contribution in [1.82, 2.24) is 9.80 Å². The third-order valence-corrected chi connectivity index (χ3v) is 7.59. The highest BCUT2D eigenvalue weighted by Crippen LogP contribution is 2.31. The molecule has 0 saturated carbocycles. The van der Waals surface area contributed by atoms with Crippen LogP contribution in [-0.2, 0) is 4.79 Å². The second-order valence-electron chi connectivity index (χ2n) is 9.94. The molecule has 0 radical (unpaired) electrons. The summed E-state index contributed by atoms with van der Waals surface area (Å²) in [5, 5.41) is 0.823. The van der Waals surface area contributed by atoms with Crippen LogP contribution in [0.5, 0.6) is 5.75 Å². The molecule has 0 aromatic heterocycles. The summed E-state index contributed by atoms with van der Waals surface area (Å²) in [6.07, 6.45) is 2.48. The van der Waals surface area contributed by atoms with Gasteiger partial charge in [0.05, 0.1) is 22.2 Å². The van der Waals surface area contributed by atoms with Crippen LogP contribution >= 0.6 is 23.2 Å². The summed E-state index contributed by atoms with van der Waals surface area (Å²) in [5.74, 6) is 0.690. The van der Waals surface area contributed by atoms with Gasteiger partial charge in [0, 0.05) is 13.6 Å². The van der Waals surface area contributed by atoms with Crippen molar-refractivity contribution in [2.45, 2.75) is 44.9 Å². The molecule has 2 atom stereocenters. The number of carbonyl (C=O) groups excluding carboxylic acids is 1. The Kier molecular flexibility index (Phi) is 9.14. The summed E-state index contributed by atoms with van der Waals surface area (Å²) in [7, 11) is 1.83. The Labute approximate surface area is 230 Å². The second kappa shape index (κ2) is 12.3. The van der Waals surface area contributed by atoms with Crippen LogP contribution in [0.15, 0.2) is 66.7 Å². The molecule has 1 saturated heterocycles. The first-order valence-electron chi connectivity index (χ1n) is 12.8. The largest absolute Gasteiger partial charge is 0.491 e. The molecule has 1 amide bonds. The van der Waals surface area contributed by atoms with Crippen molar-refractivity contribution in [2.75, 3.05) is 26.7 Å². The van der Waals surface area contributed by atoms with Crippen LogP contribution in [0, 0.1) is 0 Å². The highest BCUT2D eigenvalue weighted by atomic mass is 35.5. The van der Waals surface area contributed by atoms with E-state index >= 15 is 0 Å². The smallest absolute Gasteiger partial charge is 0.244 e. The molecule has 1 aliphatic rings. The topological polar surface area (TPSA) is 58.8 Å². The van der Waals surface area contributed by atoms with Crippen LogP contribution in [0.2, 0.25) is 10.0 Å². The van der Waals surface area contributed by atoms with Crippen molar-refractivity contribution in [3.8, 4) is 16.9 Å². The molecule has 0 spiro atoms. The van der Waals surface area contributed by atoms with E-state index in [1.54, 1.807) is 23.1 Å². The van der Waals surface area contributed by atoms with Crippen LogP contribution in [0.25, 0.3) is 11.1 Å². The summed E-state index contributed by atoms with van der Waals surface area (Å²) in [5.41, 5.74) is 10.3. The van der Waals surface area contributed by atoms with Gasteiger partial charge in [-0.05, 0) is 86.3 Å². The zero-order chi connectivity index (χ0) is 26.5. The summed E-state index contributed by atoms with van der Waals surface area (Å²) in [6.45, 7) is 6.88. The summed E-state index contributed by atoms with van der Waals surface area (Å²) < 4.78 is 5.87. The maximum atomic E-state index is 13.5. The average molecular weight is 541 g/mol. The molecule has 37 heavy (non-hydrogen) atoms. The molecule has 3 aromatic rings. The van der Waals surface area contributed by atoms with Gasteiger partial charge in [0.1, 0.15) is 11.8 Å². The van der Waals surface area contributed by atoms with Crippen LogP contribution in [-0.4, -0.2) is 48.5 Å². The molecule has 196 valence electrons. The zero-order valence-electron chi connectivity index (χ0n) is 21.7. The molecule has 1 fully saturated rings. The zero-order valence-corrected chi connectivity index (χ0v) is 23.2. The standard InChI is InChI=1S/C30H35Cl2N3O2/c1-20(2)37-25-8-6-7-23(17-25)21-9-11-22(12-10-21)28(19-35-15-4-5-16-35)34(3)30(36)29(33)24-13-14-26(31)27(32)18-24/h6-14,17-18,20,28-29H,4-5,15-16,19,33H2,1-3H3. The predicted octanol–water partition coefficient (Wildman–Crippen LogP) is 6.74. The van der Waals surface area contributed by atoms with Gasteiger partial charge in [-0.15, -0.1) is 0 Å². The number of ether oxygens (including phenoxy) is 1. The van der Waals surface area contributed by atoms with E-state index in [4.69, 9.17) is 33.7 Å². The van der Waals surface area contributed by atoms with Gasteiger partial charge in [0.15, 0.2) is 0 Å². The number of likely N-dealkylation sites (tertiary alicyclic amines) is 1. The SMILES string of the molecule is CC(C)Oc1cccc(-c2ccc(C(CN3CCCC3)N(C)C(=O)C(N)c3ccc(Cl)c(Cl)c3)cc2)c1. The van der Waals surface area contributed by atoms with Gasteiger partial charge in [-0.3, -0.25) is 4.79 Å². The third-order valence-electron chi connectivity index (χ3n) is 6.85. The quantitative estimate of drug-likeness (QED) is 0.327. The predicted molar refractivity (Wildman–Crippen MR) is 152 cm³/mol. The molecule has 4 rings (SSSR count). The van der Waals surface area contributed by atoms with E-state index in [-0.39, 0.29) is 18.1 Å². The monoisotopic (exact) mass is 539 g/mol. The summed E-state index contributed by atoms with van der Waals surface area (Å²) in [6, 6.07) is 20.7. The fourth-order valence-electron chi connectivity index (χ4n) is 4.80. The van der Waals surface area contributed by atoms with Crippen molar-refractivity contribution < 1.29 is 9.53 Å². The van der Waals surface area contributed by atoms with E-state index in [0.717, 1.165) is 42.1 Å². The molecule has 5 nitrogen and oxygen atoms in total. The van der Waals surface area contributed by atoms with Gasteiger partial charge in [0.25, 0.3) is 0 Å². The second-order valence-corrected chi connectivity index (χ2v) is 10.8.